The number of piperidine rings is 1. The largest absolute Gasteiger partial charge is 0.353 e. The second-order valence-electron chi connectivity index (χ2n) is 5.94. The first-order chi connectivity index (χ1) is 9.19. The van der Waals surface area contributed by atoms with Crippen LogP contribution in [-0.2, 0) is 0 Å². The Balaban J connectivity index is 1.91. The molecule has 2 unspecified atom stereocenters. The zero-order valence-electron chi connectivity index (χ0n) is 11.8. The van der Waals surface area contributed by atoms with Crippen LogP contribution in [0.1, 0.15) is 51.3 Å². The van der Waals surface area contributed by atoms with E-state index in [0.717, 1.165) is 24.0 Å². The molecule has 1 saturated carbocycles. The molecule has 5 nitrogen and oxygen atoms in total. The highest BCUT2D eigenvalue weighted by Crippen LogP contribution is 2.39. The number of hydrazine groups is 1. The SMILES string of the molecule is CC1CCCN(c2cc(NN)nc(C3CC3)n2)C1C. The average Bonchev–Trinajstić information content (AvgIpc) is 3.26. The van der Waals surface area contributed by atoms with E-state index in [1.54, 1.807) is 0 Å². The van der Waals surface area contributed by atoms with Gasteiger partial charge in [0.25, 0.3) is 0 Å². The first-order valence-corrected chi connectivity index (χ1v) is 7.31. The van der Waals surface area contributed by atoms with E-state index in [9.17, 15) is 0 Å². The molecule has 1 aromatic rings. The fourth-order valence-electron chi connectivity index (χ4n) is 2.86. The third kappa shape index (κ3) is 2.52. The number of nitrogens with one attached hydrogen (secondary N) is 1. The molecule has 2 aliphatic rings. The number of hydrogen-bond acceptors (Lipinski definition) is 5. The molecule has 0 bridgehead atoms. The summed E-state index contributed by atoms with van der Waals surface area (Å²) in [5, 5.41) is 0. The number of rotatable bonds is 3. The van der Waals surface area contributed by atoms with Gasteiger partial charge in [0.15, 0.2) is 0 Å². The van der Waals surface area contributed by atoms with Crippen LogP contribution in [-0.4, -0.2) is 22.6 Å². The van der Waals surface area contributed by atoms with Crippen molar-refractivity contribution in [3.05, 3.63) is 11.9 Å². The Morgan fingerprint density at radius 3 is 2.74 bits per heavy atom. The van der Waals surface area contributed by atoms with E-state index in [2.05, 4.69) is 29.2 Å². The van der Waals surface area contributed by atoms with Crippen molar-refractivity contribution >= 4 is 11.6 Å². The van der Waals surface area contributed by atoms with Crippen molar-refractivity contribution in [3.63, 3.8) is 0 Å². The van der Waals surface area contributed by atoms with Crippen LogP contribution >= 0.6 is 0 Å². The Bertz CT molecular complexity index is 457. The summed E-state index contributed by atoms with van der Waals surface area (Å²) in [6, 6.07) is 2.50. The molecule has 1 aliphatic carbocycles. The van der Waals surface area contributed by atoms with Gasteiger partial charge >= 0.3 is 0 Å². The Labute approximate surface area is 114 Å². The molecule has 0 aromatic carbocycles. The lowest BCUT2D eigenvalue weighted by Gasteiger charge is -2.39. The number of nitrogens with two attached hydrogens (primary N) is 1. The van der Waals surface area contributed by atoms with Crippen molar-refractivity contribution < 1.29 is 0 Å². The van der Waals surface area contributed by atoms with Crippen LogP contribution in [0.4, 0.5) is 11.6 Å². The van der Waals surface area contributed by atoms with Gasteiger partial charge in [-0.25, -0.2) is 15.8 Å². The number of aromatic nitrogens is 2. The molecule has 2 heterocycles. The van der Waals surface area contributed by atoms with E-state index in [4.69, 9.17) is 10.8 Å². The Hall–Kier alpha value is -1.36. The lowest BCUT2D eigenvalue weighted by atomic mass is 9.92. The minimum atomic E-state index is 0.529. The quantitative estimate of drug-likeness (QED) is 0.645. The number of nitrogen functional groups attached to an aromatic ring is 1. The van der Waals surface area contributed by atoms with Crippen LogP contribution in [0, 0.1) is 5.92 Å². The van der Waals surface area contributed by atoms with Gasteiger partial charge in [-0.3, -0.25) is 0 Å². The van der Waals surface area contributed by atoms with Crippen LogP contribution in [0.5, 0.6) is 0 Å². The van der Waals surface area contributed by atoms with Gasteiger partial charge in [-0.1, -0.05) is 6.92 Å². The molecule has 2 atom stereocenters. The molecule has 0 spiro atoms. The summed E-state index contributed by atoms with van der Waals surface area (Å²) < 4.78 is 0. The van der Waals surface area contributed by atoms with Crippen LogP contribution in [0.3, 0.4) is 0 Å². The van der Waals surface area contributed by atoms with Gasteiger partial charge in [-0.2, -0.15) is 0 Å². The second kappa shape index (κ2) is 4.96. The van der Waals surface area contributed by atoms with Crippen molar-refractivity contribution in [2.75, 3.05) is 16.9 Å². The third-order valence-electron chi connectivity index (χ3n) is 4.49. The first kappa shape index (κ1) is 12.7. The van der Waals surface area contributed by atoms with E-state index in [0.29, 0.717) is 17.9 Å². The molecule has 3 N–H and O–H groups in total. The fraction of sp³-hybridized carbons (Fsp3) is 0.714. The molecular formula is C14H23N5. The molecule has 3 rings (SSSR count). The normalized spacial score (nSPS) is 27.4. The van der Waals surface area contributed by atoms with Gasteiger partial charge in [0.05, 0.1) is 0 Å². The van der Waals surface area contributed by atoms with Crippen molar-refractivity contribution in [1.82, 2.24) is 9.97 Å². The van der Waals surface area contributed by atoms with Crippen LogP contribution in [0.2, 0.25) is 0 Å². The summed E-state index contributed by atoms with van der Waals surface area (Å²) in [5.41, 5.74) is 2.68. The summed E-state index contributed by atoms with van der Waals surface area (Å²) in [6.45, 7) is 5.69. The highest BCUT2D eigenvalue weighted by molar-refractivity contribution is 5.50. The highest BCUT2D eigenvalue weighted by atomic mass is 15.3. The topological polar surface area (TPSA) is 67.1 Å². The third-order valence-corrected chi connectivity index (χ3v) is 4.49. The highest BCUT2D eigenvalue weighted by Gasteiger charge is 2.30. The fourth-order valence-corrected chi connectivity index (χ4v) is 2.86. The van der Waals surface area contributed by atoms with Gasteiger partial charge in [-0.05, 0) is 38.5 Å². The summed E-state index contributed by atoms with van der Waals surface area (Å²) in [5.74, 6) is 9.52. The molecule has 104 valence electrons. The molecular weight excluding hydrogens is 238 g/mol. The Morgan fingerprint density at radius 2 is 2.05 bits per heavy atom. The van der Waals surface area contributed by atoms with Gasteiger partial charge in [-0.15, -0.1) is 0 Å². The molecule has 0 radical (unpaired) electrons. The summed E-state index contributed by atoms with van der Waals surface area (Å²) in [4.78, 5) is 11.7. The smallest absolute Gasteiger partial charge is 0.145 e. The van der Waals surface area contributed by atoms with Crippen molar-refractivity contribution in [2.45, 2.75) is 51.5 Å². The Morgan fingerprint density at radius 1 is 1.26 bits per heavy atom. The molecule has 1 saturated heterocycles. The second-order valence-corrected chi connectivity index (χ2v) is 5.94. The van der Waals surface area contributed by atoms with Crippen molar-refractivity contribution in [1.29, 1.82) is 0 Å². The van der Waals surface area contributed by atoms with Crippen LogP contribution in [0.25, 0.3) is 0 Å². The molecule has 0 amide bonds. The minimum absolute atomic E-state index is 0.529. The summed E-state index contributed by atoms with van der Waals surface area (Å²) >= 11 is 0. The number of anilines is 2. The predicted molar refractivity (Wildman–Crippen MR) is 77.0 cm³/mol. The van der Waals surface area contributed by atoms with E-state index in [1.807, 2.05) is 6.07 Å². The monoisotopic (exact) mass is 261 g/mol. The first-order valence-electron chi connectivity index (χ1n) is 7.31. The van der Waals surface area contributed by atoms with Crippen LogP contribution in [0.15, 0.2) is 6.07 Å². The molecule has 1 aliphatic heterocycles. The van der Waals surface area contributed by atoms with Crippen molar-refractivity contribution in [3.8, 4) is 0 Å². The van der Waals surface area contributed by atoms with Gasteiger partial charge in [0.1, 0.15) is 17.5 Å². The Kier molecular flexibility index (Phi) is 3.31. The van der Waals surface area contributed by atoms with Gasteiger partial charge in [0, 0.05) is 24.6 Å². The lowest BCUT2D eigenvalue weighted by molar-refractivity contribution is 0.361. The number of nitrogens with zero attached hydrogens (tertiary/aromatic N) is 3. The predicted octanol–water partition coefficient (Wildman–Crippen LogP) is 2.26. The molecule has 19 heavy (non-hydrogen) atoms. The number of hydrogen-bond donors (Lipinski definition) is 2. The van der Waals surface area contributed by atoms with E-state index < -0.39 is 0 Å². The maximum atomic E-state index is 5.54. The van der Waals surface area contributed by atoms with Gasteiger partial charge in [0.2, 0.25) is 0 Å². The standard InChI is InChI=1S/C14H23N5/c1-9-4-3-7-19(10(9)2)13-8-12(18-15)16-14(17-13)11-5-6-11/h8-11H,3-7,15H2,1-2H3,(H,16,17,18). The average molecular weight is 261 g/mol. The van der Waals surface area contributed by atoms with Gasteiger partial charge < -0.3 is 10.3 Å². The molecule has 1 aromatic heterocycles. The minimum Gasteiger partial charge on any atom is -0.353 e. The van der Waals surface area contributed by atoms with E-state index in [-0.39, 0.29) is 0 Å². The molecule has 5 heteroatoms. The maximum Gasteiger partial charge on any atom is 0.145 e. The summed E-state index contributed by atoms with van der Waals surface area (Å²) in [7, 11) is 0. The zero-order chi connectivity index (χ0) is 13.4. The zero-order valence-corrected chi connectivity index (χ0v) is 11.8. The maximum absolute atomic E-state index is 5.54. The lowest BCUT2D eigenvalue weighted by Crippen LogP contribution is -2.43. The molecule has 2 fully saturated rings. The van der Waals surface area contributed by atoms with Crippen LogP contribution < -0.4 is 16.2 Å². The van der Waals surface area contributed by atoms with E-state index in [1.165, 1.54) is 25.7 Å². The van der Waals surface area contributed by atoms with Crippen molar-refractivity contribution in [2.24, 2.45) is 11.8 Å². The van der Waals surface area contributed by atoms with E-state index >= 15 is 0 Å². The summed E-state index contributed by atoms with van der Waals surface area (Å²) in [6.07, 6.45) is 4.96.